The molecule has 1 aliphatic rings. The first-order valence-corrected chi connectivity index (χ1v) is 10.7. The van der Waals surface area contributed by atoms with Gasteiger partial charge in [0.05, 0.1) is 11.6 Å². The molecular formula is C24H21ClFN5O3. The molecular weight excluding hydrogens is 461 g/mol. The second-order valence-corrected chi connectivity index (χ2v) is 8.04. The first kappa shape index (κ1) is 23.3. The van der Waals surface area contributed by atoms with Gasteiger partial charge in [-0.2, -0.15) is 0 Å². The number of anilines is 1. The van der Waals surface area contributed by atoms with Crippen LogP contribution in [0.1, 0.15) is 27.7 Å². The molecule has 3 aromatic rings. The largest absolute Gasteiger partial charge is 0.369 e. The van der Waals surface area contributed by atoms with Crippen molar-refractivity contribution in [3.63, 3.8) is 0 Å². The molecule has 0 bridgehead atoms. The summed E-state index contributed by atoms with van der Waals surface area (Å²) in [6.45, 7) is 0.122. The van der Waals surface area contributed by atoms with Crippen LogP contribution in [0.25, 0.3) is 0 Å². The van der Waals surface area contributed by atoms with Gasteiger partial charge < -0.3 is 15.8 Å². The lowest BCUT2D eigenvalue weighted by molar-refractivity contribution is -0.142. The Hall–Kier alpha value is -3.82. The number of nitrogens with one attached hydrogen (secondary N) is 1. The molecule has 0 radical (unpaired) electrons. The molecule has 2 heterocycles. The number of hydrogen-bond acceptors (Lipinski definition) is 6. The molecule has 0 aliphatic carbocycles. The smallest absolute Gasteiger partial charge is 0.274 e. The number of benzene rings is 2. The van der Waals surface area contributed by atoms with E-state index < -0.39 is 29.8 Å². The van der Waals surface area contributed by atoms with E-state index in [4.69, 9.17) is 22.1 Å². The van der Waals surface area contributed by atoms with Gasteiger partial charge in [-0.15, -0.1) is 0 Å². The van der Waals surface area contributed by atoms with Crippen LogP contribution < -0.4 is 11.1 Å². The molecule has 0 fully saturated rings. The van der Waals surface area contributed by atoms with Crippen molar-refractivity contribution in [3.8, 4) is 0 Å². The molecule has 0 spiro atoms. The number of amides is 2. The van der Waals surface area contributed by atoms with E-state index in [1.165, 1.54) is 48.5 Å². The number of ether oxygens (including phenoxy) is 1. The number of carbonyl (C=O) groups is 2. The van der Waals surface area contributed by atoms with E-state index in [9.17, 15) is 14.0 Å². The lowest BCUT2D eigenvalue weighted by Gasteiger charge is -2.33. The molecule has 0 saturated heterocycles. The molecule has 34 heavy (non-hydrogen) atoms. The van der Waals surface area contributed by atoms with E-state index in [-0.39, 0.29) is 23.8 Å². The zero-order chi connectivity index (χ0) is 24.2. The van der Waals surface area contributed by atoms with Crippen LogP contribution in [0.3, 0.4) is 0 Å². The molecule has 2 amide bonds. The van der Waals surface area contributed by atoms with Crippen LogP contribution in [0, 0.1) is 5.82 Å². The lowest BCUT2D eigenvalue weighted by atomic mass is 9.98. The number of aliphatic imine (C=N–C) groups is 1. The minimum atomic E-state index is -1.11. The summed E-state index contributed by atoms with van der Waals surface area (Å²) >= 11 is 5.81. The summed E-state index contributed by atoms with van der Waals surface area (Å²) in [5.74, 6) is -1.63. The average molecular weight is 482 g/mol. The highest BCUT2D eigenvalue weighted by Crippen LogP contribution is 2.32. The molecule has 2 atom stereocenters. The van der Waals surface area contributed by atoms with Gasteiger partial charge in [-0.05, 0) is 35.9 Å². The topological polar surface area (TPSA) is 110 Å². The van der Waals surface area contributed by atoms with Gasteiger partial charge in [-0.25, -0.2) is 14.4 Å². The SMILES string of the molecule is CN1C(=O)C(OCc2ccccc2)C(c2cc(NC(=O)c3ccc(Cl)cn3)ccc2F)N=C1N. The molecule has 8 nitrogen and oxygen atoms in total. The van der Waals surface area contributed by atoms with Crippen LogP contribution in [0.15, 0.2) is 71.9 Å². The first-order chi connectivity index (χ1) is 16.3. The molecule has 2 aromatic carbocycles. The minimum Gasteiger partial charge on any atom is -0.369 e. The highest BCUT2D eigenvalue weighted by Gasteiger charge is 2.39. The summed E-state index contributed by atoms with van der Waals surface area (Å²) in [5, 5.41) is 3.05. The predicted molar refractivity (Wildman–Crippen MR) is 126 cm³/mol. The van der Waals surface area contributed by atoms with Gasteiger partial charge in [0.25, 0.3) is 11.8 Å². The fourth-order valence-corrected chi connectivity index (χ4v) is 3.56. The van der Waals surface area contributed by atoms with E-state index in [0.717, 1.165) is 5.56 Å². The maximum absolute atomic E-state index is 14.9. The fraction of sp³-hybridized carbons (Fsp3) is 0.167. The summed E-state index contributed by atoms with van der Waals surface area (Å²) in [4.78, 5) is 34.9. The van der Waals surface area contributed by atoms with Crippen molar-refractivity contribution >= 4 is 35.1 Å². The van der Waals surface area contributed by atoms with Gasteiger partial charge in [-0.3, -0.25) is 14.5 Å². The van der Waals surface area contributed by atoms with E-state index in [1.807, 2.05) is 30.3 Å². The molecule has 3 N–H and O–H groups in total. The van der Waals surface area contributed by atoms with E-state index in [0.29, 0.717) is 10.7 Å². The van der Waals surface area contributed by atoms with Gasteiger partial charge in [0.2, 0.25) is 0 Å². The second kappa shape index (κ2) is 9.98. The number of nitrogens with two attached hydrogens (primary N) is 1. The third kappa shape index (κ3) is 5.05. The summed E-state index contributed by atoms with van der Waals surface area (Å²) in [6.07, 6.45) is 0.235. The highest BCUT2D eigenvalue weighted by atomic mass is 35.5. The standard InChI is InChI=1S/C24H21ClFN5O3/c1-31-23(33)21(34-13-14-5-3-2-4-6-14)20(30-24(31)27)17-11-16(8-9-18(17)26)29-22(32)19-10-7-15(25)12-28-19/h2-12,20-21H,13H2,1H3,(H2,27,30)(H,29,32). The summed E-state index contributed by atoms with van der Waals surface area (Å²) in [5.41, 5.74) is 7.24. The predicted octanol–water partition coefficient (Wildman–Crippen LogP) is 3.54. The number of likely N-dealkylation sites (N-methyl/N-ethyl adjacent to an activating group) is 1. The van der Waals surface area contributed by atoms with Crippen molar-refractivity contribution in [3.05, 3.63) is 94.5 Å². The number of hydrogen-bond donors (Lipinski definition) is 2. The zero-order valence-electron chi connectivity index (χ0n) is 18.1. The Morgan fingerprint density at radius 1 is 1.21 bits per heavy atom. The highest BCUT2D eigenvalue weighted by molar-refractivity contribution is 6.30. The Kier molecular flexibility index (Phi) is 6.85. The van der Waals surface area contributed by atoms with Gasteiger partial charge in [0.15, 0.2) is 12.1 Å². The lowest BCUT2D eigenvalue weighted by Crippen LogP contribution is -2.51. The molecule has 0 saturated carbocycles. The summed E-state index contributed by atoms with van der Waals surface area (Å²) in [6, 6.07) is 15.2. The van der Waals surface area contributed by atoms with Crippen molar-refractivity contribution in [2.45, 2.75) is 18.8 Å². The quantitative estimate of drug-likeness (QED) is 0.559. The number of halogens is 2. The Balaban J connectivity index is 1.62. The molecule has 10 heteroatoms. The van der Waals surface area contributed by atoms with Crippen molar-refractivity contribution < 1.29 is 18.7 Å². The Labute approximate surface area is 200 Å². The third-order valence-electron chi connectivity index (χ3n) is 5.28. The summed E-state index contributed by atoms with van der Waals surface area (Å²) in [7, 11) is 1.47. The number of pyridine rings is 1. The van der Waals surface area contributed by atoms with Gasteiger partial charge in [0.1, 0.15) is 17.6 Å². The van der Waals surface area contributed by atoms with E-state index in [1.54, 1.807) is 0 Å². The maximum Gasteiger partial charge on any atom is 0.274 e. The van der Waals surface area contributed by atoms with E-state index in [2.05, 4.69) is 15.3 Å². The number of nitrogens with zero attached hydrogens (tertiary/aromatic N) is 3. The normalized spacial score (nSPS) is 17.9. The van der Waals surface area contributed by atoms with Crippen molar-refractivity contribution in [2.24, 2.45) is 10.7 Å². The Morgan fingerprint density at radius 2 is 1.97 bits per heavy atom. The first-order valence-electron chi connectivity index (χ1n) is 10.3. The van der Waals surface area contributed by atoms with Crippen LogP contribution in [-0.4, -0.2) is 40.8 Å². The van der Waals surface area contributed by atoms with E-state index >= 15 is 0 Å². The summed E-state index contributed by atoms with van der Waals surface area (Å²) < 4.78 is 20.8. The van der Waals surface area contributed by atoms with Gasteiger partial charge in [-0.1, -0.05) is 41.9 Å². The number of guanidine groups is 1. The molecule has 1 aromatic heterocycles. The van der Waals surface area contributed by atoms with Crippen LogP contribution in [-0.2, 0) is 16.1 Å². The number of rotatable bonds is 6. The molecule has 2 unspecified atom stereocenters. The number of aromatic nitrogens is 1. The van der Waals surface area contributed by atoms with Crippen LogP contribution in [0.2, 0.25) is 5.02 Å². The molecule has 1 aliphatic heterocycles. The number of carbonyl (C=O) groups excluding carboxylic acids is 2. The maximum atomic E-state index is 14.9. The minimum absolute atomic E-state index is 0.0596. The van der Waals surface area contributed by atoms with Crippen LogP contribution >= 0.6 is 11.6 Å². The molecule has 174 valence electrons. The average Bonchev–Trinajstić information content (AvgIpc) is 2.84. The fourth-order valence-electron chi connectivity index (χ4n) is 3.44. The van der Waals surface area contributed by atoms with Crippen molar-refractivity contribution in [1.29, 1.82) is 0 Å². The van der Waals surface area contributed by atoms with Gasteiger partial charge >= 0.3 is 0 Å². The molecule has 4 rings (SSSR count). The Bertz CT molecular complexity index is 1240. The monoisotopic (exact) mass is 481 g/mol. The zero-order valence-corrected chi connectivity index (χ0v) is 18.9. The third-order valence-corrected chi connectivity index (χ3v) is 5.50. The van der Waals surface area contributed by atoms with Crippen LogP contribution in [0.5, 0.6) is 0 Å². The second-order valence-electron chi connectivity index (χ2n) is 7.60. The van der Waals surface area contributed by atoms with Gasteiger partial charge in [0, 0.05) is 24.5 Å². The van der Waals surface area contributed by atoms with Crippen molar-refractivity contribution in [1.82, 2.24) is 9.88 Å². The van der Waals surface area contributed by atoms with Crippen LogP contribution in [0.4, 0.5) is 10.1 Å². The Morgan fingerprint density at radius 3 is 2.68 bits per heavy atom. The van der Waals surface area contributed by atoms with Crippen molar-refractivity contribution in [2.75, 3.05) is 12.4 Å².